The van der Waals surface area contributed by atoms with Crippen LogP contribution in [0.2, 0.25) is 0 Å². The second-order valence-corrected chi connectivity index (χ2v) is 6.64. The van der Waals surface area contributed by atoms with Gasteiger partial charge in [0.2, 0.25) is 10.9 Å². The van der Waals surface area contributed by atoms with Gasteiger partial charge < -0.3 is 4.42 Å². The quantitative estimate of drug-likeness (QED) is 0.424. The molecule has 2 aromatic heterocycles. The number of nitrogens with one attached hydrogen (secondary N) is 1. The summed E-state index contributed by atoms with van der Waals surface area (Å²) in [6, 6.07) is 17.4. The van der Waals surface area contributed by atoms with Crippen LogP contribution in [0, 0.1) is 6.92 Å². The molecular formula is C19H15N3O2S. The van der Waals surface area contributed by atoms with Gasteiger partial charge in [-0.15, -0.1) is 5.10 Å². The normalized spacial score (nSPS) is 11.1. The van der Waals surface area contributed by atoms with Gasteiger partial charge in [-0.2, -0.15) is 0 Å². The van der Waals surface area contributed by atoms with E-state index in [1.807, 2.05) is 55.5 Å². The van der Waals surface area contributed by atoms with E-state index in [-0.39, 0.29) is 11.5 Å². The number of furan rings is 1. The Labute approximate surface area is 148 Å². The van der Waals surface area contributed by atoms with E-state index in [4.69, 9.17) is 4.42 Å². The molecule has 25 heavy (non-hydrogen) atoms. The van der Waals surface area contributed by atoms with Gasteiger partial charge in [-0.1, -0.05) is 59.8 Å². The van der Waals surface area contributed by atoms with E-state index >= 15 is 0 Å². The lowest BCUT2D eigenvalue weighted by Gasteiger charge is -1.96. The number of aromatic amines is 1. The number of fused-ring (bicyclic) bond motifs is 1. The van der Waals surface area contributed by atoms with E-state index in [9.17, 15) is 4.79 Å². The summed E-state index contributed by atoms with van der Waals surface area (Å²) < 4.78 is 5.59. The van der Waals surface area contributed by atoms with Crippen molar-refractivity contribution < 1.29 is 9.21 Å². The Hall–Kier alpha value is -2.86. The van der Waals surface area contributed by atoms with Crippen molar-refractivity contribution in [2.45, 2.75) is 12.1 Å². The number of Topliss-reactive ketones (excluding diaryl/α,β-unsaturated/α-hetero) is 1. The predicted molar refractivity (Wildman–Crippen MR) is 97.8 cm³/mol. The average Bonchev–Trinajstić information content (AvgIpc) is 3.27. The molecule has 0 fully saturated rings. The third kappa shape index (κ3) is 3.34. The maximum absolute atomic E-state index is 12.3. The molecule has 0 aliphatic heterocycles. The molecule has 5 nitrogen and oxygen atoms in total. The first kappa shape index (κ1) is 15.7. The Bertz CT molecular complexity index is 1000. The molecule has 6 heteroatoms. The third-order valence-corrected chi connectivity index (χ3v) is 4.67. The summed E-state index contributed by atoms with van der Waals surface area (Å²) >= 11 is 1.29. The minimum Gasteiger partial charge on any atom is -0.453 e. The van der Waals surface area contributed by atoms with Crippen LogP contribution in [0.4, 0.5) is 0 Å². The van der Waals surface area contributed by atoms with Crippen LogP contribution >= 0.6 is 11.8 Å². The number of hydrogen-bond acceptors (Lipinski definition) is 5. The molecule has 0 unspecified atom stereocenters. The zero-order valence-electron chi connectivity index (χ0n) is 13.5. The smallest absolute Gasteiger partial charge is 0.209 e. The van der Waals surface area contributed by atoms with E-state index in [0.29, 0.717) is 16.7 Å². The number of thioether (sulfide) groups is 1. The van der Waals surface area contributed by atoms with Crippen LogP contribution in [0.25, 0.3) is 22.4 Å². The zero-order valence-corrected chi connectivity index (χ0v) is 14.3. The maximum atomic E-state index is 12.3. The third-order valence-electron chi connectivity index (χ3n) is 3.82. The topological polar surface area (TPSA) is 71.8 Å². The van der Waals surface area contributed by atoms with Crippen molar-refractivity contribution in [3.05, 3.63) is 65.9 Å². The van der Waals surface area contributed by atoms with Gasteiger partial charge in [0, 0.05) is 10.9 Å². The number of para-hydroxylation sites is 1. The largest absolute Gasteiger partial charge is 0.453 e. The Balaban J connectivity index is 1.44. The van der Waals surface area contributed by atoms with Gasteiger partial charge in [0.15, 0.2) is 11.6 Å². The highest BCUT2D eigenvalue weighted by Gasteiger charge is 2.14. The van der Waals surface area contributed by atoms with Gasteiger partial charge in [-0.25, -0.2) is 4.98 Å². The number of rotatable bonds is 5. The van der Waals surface area contributed by atoms with Crippen LogP contribution in [0.5, 0.6) is 0 Å². The number of nitrogens with zero attached hydrogens (tertiary/aromatic N) is 2. The molecule has 0 bridgehead atoms. The number of carbonyl (C=O) groups excluding carboxylic acids is 1. The summed E-state index contributed by atoms with van der Waals surface area (Å²) in [6.07, 6.45) is 0. The van der Waals surface area contributed by atoms with Gasteiger partial charge in [0.1, 0.15) is 5.58 Å². The molecule has 0 saturated heterocycles. The standard InChI is InChI=1S/C19H15N3O2S/c1-12-6-8-13(9-7-12)18-20-19(22-21-18)25-11-15(23)17-10-14-4-2-3-5-16(14)24-17/h2-10H,11H2,1H3,(H,20,21,22). The highest BCUT2D eigenvalue weighted by Crippen LogP contribution is 2.23. The second-order valence-electron chi connectivity index (χ2n) is 5.69. The number of aromatic nitrogens is 3. The first-order chi connectivity index (χ1) is 12.2. The monoisotopic (exact) mass is 349 g/mol. The van der Waals surface area contributed by atoms with E-state index < -0.39 is 0 Å². The van der Waals surface area contributed by atoms with Crippen molar-refractivity contribution in [2.75, 3.05) is 5.75 Å². The molecular weight excluding hydrogens is 334 g/mol. The van der Waals surface area contributed by atoms with Crippen molar-refractivity contribution in [3.8, 4) is 11.4 Å². The molecule has 2 aromatic carbocycles. The van der Waals surface area contributed by atoms with Gasteiger partial charge in [0.05, 0.1) is 5.75 Å². The van der Waals surface area contributed by atoms with Crippen LogP contribution in [-0.4, -0.2) is 26.7 Å². The van der Waals surface area contributed by atoms with Gasteiger partial charge in [-0.3, -0.25) is 9.89 Å². The first-order valence-corrected chi connectivity index (χ1v) is 8.81. The number of carbonyl (C=O) groups is 1. The molecule has 1 N–H and O–H groups in total. The zero-order chi connectivity index (χ0) is 17.2. The molecule has 0 saturated carbocycles. The lowest BCUT2D eigenvalue weighted by atomic mass is 10.1. The number of H-pyrrole nitrogens is 1. The molecule has 0 radical (unpaired) electrons. The Kier molecular flexibility index (Phi) is 4.11. The Morgan fingerprint density at radius 3 is 2.76 bits per heavy atom. The van der Waals surface area contributed by atoms with Crippen LogP contribution < -0.4 is 0 Å². The first-order valence-electron chi connectivity index (χ1n) is 7.83. The average molecular weight is 349 g/mol. The minimum absolute atomic E-state index is 0.0807. The fourth-order valence-electron chi connectivity index (χ4n) is 2.47. The summed E-state index contributed by atoms with van der Waals surface area (Å²) in [7, 11) is 0. The molecule has 4 aromatic rings. The van der Waals surface area contributed by atoms with E-state index in [1.54, 1.807) is 6.07 Å². The number of aryl methyl sites for hydroxylation is 1. The van der Waals surface area contributed by atoms with Crippen LogP contribution in [0.3, 0.4) is 0 Å². The van der Waals surface area contributed by atoms with Gasteiger partial charge in [-0.05, 0) is 19.1 Å². The Morgan fingerprint density at radius 1 is 1.16 bits per heavy atom. The Morgan fingerprint density at radius 2 is 1.96 bits per heavy atom. The number of ketones is 1. The van der Waals surface area contributed by atoms with Gasteiger partial charge >= 0.3 is 0 Å². The minimum atomic E-state index is -0.0807. The molecule has 0 aliphatic rings. The van der Waals surface area contributed by atoms with Crippen LogP contribution in [-0.2, 0) is 0 Å². The summed E-state index contributed by atoms with van der Waals surface area (Å²) in [5.74, 6) is 1.20. The van der Waals surface area contributed by atoms with Crippen LogP contribution in [0.15, 0.2) is 64.2 Å². The highest BCUT2D eigenvalue weighted by atomic mass is 32.2. The fourth-order valence-corrected chi connectivity index (χ4v) is 3.14. The fraction of sp³-hybridized carbons (Fsp3) is 0.105. The van der Waals surface area contributed by atoms with E-state index in [1.165, 1.54) is 17.3 Å². The van der Waals surface area contributed by atoms with Crippen LogP contribution in [0.1, 0.15) is 16.1 Å². The molecule has 4 rings (SSSR count). The highest BCUT2D eigenvalue weighted by molar-refractivity contribution is 7.99. The summed E-state index contributed by atoms with van der Waals surface area (Å²) in [6.45, 7) is 2.04. The predicted octanol–water partition coefficient (Wildman–Crippen LogP) is 4.50. The molecule has 124 valence electrons. The summed E-state index contributed by atoms with van der Waals surface area (Å²) in [4.78, 5) is 16.8. The SMILES string of the molecule is Cc1ccc(-c2nc(SCC(=O)c3cc4ccccc4o3)n[nH]2)cc1. The van der Waals surface area contributed by atoms with Crippen molar-refractivity contribution >= 4 is 28.5 Å². The van der Waals surface area contributed by atoms with Crippen molar-refractivity contribution in [2.24, 2.45) is 0 Å². The lowest BCUT2D eigenvalue weighted by Crippen LogP contribution is -2.00. The lowest BCUT2D eigenvalue weighted by molar-refractivity contribution is 0.0994. The summed E-state index contributed by atoms with van der Waals surface area (Å²) in [5.41, 5.74) is 2.87. The second kappa shape index (κ2) is 6.57. The summed E-state index contributed by atoms with van der Waals surface area (Å²) in [5, 5.41) is 8.55. The molecule has 2 heterocycles. The van der Waals surface area contributed by atoms with E-state index in [2.05, 4.69) is 15.2 Å². The molecule has 0 aliphatic carbocycles. The van der Waals surface area contributed by atoms with Crippen molar-refractivity contribution in [1.29, 1.82) is 0 Å². The molecule has 0 atom stereocenters. The molecule has 0 amide bonds. The molecule has 0 spiro atoms. The van der Waals surface area contributed by atoms with Gasteiger partial charge in [0.25, 0.3) is 0 Å². The van der Waals surface area contributed by atoms with Crippen molar-refractivity contribution in [1.82, 2.24) is 15.2 Å². The number of benzene rings is 2. The number of hydrogen-bond donors (Lipinski definition) is 1. The maximum Gasteiger partial charge on any atom is 0.209 e. The van der Waals surface area contributed by atoms with E-state index in [0.717, 1.165) is 16.5 Å². The van der Waals surface area contributed by atoms with Crippen molar-refractivity contribution in [3.63, 3.8) is 0 Å².